The zero-order valence-electron chi connectivity index (χ0n) is 11.5. The lowest BCUT2D eigenvalue weighted by Crippen LogP contribution is -2.44. The van der Waals surface area contributed by atoms with E-state index in [1.54, 1.807) is 20.8 Å². The van der Waals surface area contributed by atoms with Crippen molar-refractivity contribution in [3.8, 4) is 0 Å². The number of ether oxygens (including phenoxy) is 1. The fourth-order valence-corrected chi connectivity index (χ4v) is 1.32. The number of aliphatic carboxylic acids is 1. The summed E-state index contributed by atoms with van der Waals surface area (Å²) in [6, 6.07) is -1.11. The Balaban J connectivity index is 4.29. The second kappa shape index (κ2) is 6.13. The van der Waals surface area contributed by atoms with Gasteiger partial charge in [0, 0.05) is 6.42 Å². The molecular weight excluding hydrogens is 241 g/mol. The Morgan fingerprint density at radius 3 is 2.11 bits per heavy atom. The van der Waals surface area contributed by atoms with Crippen molar-refractivity contribution in [2.75, 3.05) is 6.54 Å². The third-order valence-electron chi connectivity index (χ3n) is 1.90. The van der Waals surface area contributed by atoms with E-state index in [0.717, 1.165) is 0 Å². The van der Waals surface area contributed by atoms with Gasteiger partial charge in [-0.1, -0.05) is 0 Å². The monoisotopic (exact) mass is 263 g/mol. The quantitative estimate of drug-likeness (QED) is 0.710. The van der Waals surface area contributed by atoms with Crippen LogP contribution in [0.4, 0.5) is 4.39 Å². The summed E-state index contributed by atoms with van der Waals surface area (Å²) < 4.78 is 18.4. The highest BCUT2D eigenvalue weighted by molar-refractivity contribution is 5.76. The minimum Gasteiger partial charge on any atom is -0.480 e. The van der Waals surface area contributed by atoms with Crippen LogP contribution in [0.5, 0.6) is 0 Å². The van der Waals surface area contributed by atoms with Gasteiger partial charge in [0.25, 0.3) is 0 Å². The maximum absolute atomic E-state index is 13.4. The van der Waals surface area contributed by atoms with Crippen molar-refractivity contribution >= 4 is 11.9 Å². The Morgan fingerprint density at radius 1 is 1.28 bits per heavy atom. The van der Waals surface area contributed by atoms with Crippen LogP contribution < -0.4 is 5.32 Å². The smallest absolute Gasteiger partial charge is 0.320 e. The van der Waals surface area contributed by atoms with Crippen LogP contribution >= 0.6 is 0 Å². The summed E-state index contributed by atoms with van der Waals surface area (Å²) in [7, 11) is 0. The van der Waals surface area contributed by atoms with Gasteiger partial charge < -0.3 is 9.84 Å². The van der Waals surface area contributed by atoms with Gasteiger partial charge in [-0.25, -0.2) is 4.39 Å². The van der Waals surface area contributed by atoms with E-state index in [0.29, 0.717) is 0 Å². The molecule has 0 saturated carbocycles. The predicted molar refractivity (Wildman–Crippen MR) is 65.1 cm³/mol. The van der Waals surface area contributed by atoms with Crippen molar-refractivity contribution in [2.24, 2.45) is 0 Å². The van der Waals surface area contributed by atoms with E-state index in [1.807, 2.05) is 0 Å². The molecule has 2 N–H and O–H groups in total. The summed E-state index contributed by atoms with van der Waals surface area (Å²) >= 11 is 0. The normalized spacial score (nSPS) is 14.1. The van der Waals surface area contributed by atoms with Crippen LogP contribution in [0.3, 0.4) is 0 Å². The van der Waals surface area contributed by atoms with Crippen LogP contribution in [0.1, 0.15) is 41.0 Å². The molecule has 0 aliphatic heterocycles. The number of carboxylic acid groups (broad SMARTS) is 1. The van der Waals surface area contributed by atoms with E-state index >= 15 is 0 Å². The molecule has 0 radical (unpaired) electrons. The molecule has 0 heterocycles. The highest BCUT2D eigenvalue weighted by atomic mass is 19.1. The van der Waals surface area contributed by atoms with Crippen LogP contribution in [0, 0.1) is 0 Å². The average Bonchev–Trinajstić information content (AvgIpc) is 2.06. The van der Waals surface area contributed by atoms with Crippen LogP contribution in [0.25, 0.3) is 0 Å². The molecule has 0 aromatic rings. The van der Waals surface area contributed by atoms with Gasteiger partial charge in [0.15, 0.2) is 0 Å². The first-order valence-corrected chi connectivity index (χ1v) is 5.78. The molecule has 0 rings (SSSR count). The van der Waals surface area contributed by atoms with E-state index in [-0.39, 0.29) is 13.0 Å². The Hall–Kier alpha value is -1.17. The van der Waals surface area contributed by atoms with E-state index < -0.39 is 29.3 Å². The first kappa shape index (κ1) is 16.8. The van der Waals surface area contributed by atoms with E-state index in [4.69, 9.17) is 9.84 Å². The van der Waals surface area contributed by atoms with Gasteiger partial charge in [-0.2, -0.15) is 0 Å². The Kier molecular flexibility index (Phi) is 5.73. The van der Waals surface area contributed by atoms with Crippen molar-refractivity contribution in [3.05, 3.63) is 0 Å². The van der Waals surface area contributed by atoms with Gasteiger partial charge in [0.1, 0.15) is 17.3 Å². The number of halogens is 1. The molecule has 0 amide bonds. The molecule has 0 saturated heterocycles. The van der Waals surface area contributed by atoms with E-state index in [9.17, 15) is 14.0 Å². The first-order chi connectivity index (χ1) is 7.91. The zero-order valence-corrected chi connectivity index (χ0v) is 11.5. The number of carbonyl (C=O) groups is 2. The van der Waals surface area contributed by atoms with Crippen molar-refractivity contribution in [1.29, 1.82) is 0 Å². The fourth-order valence-electron chi connectivity index (χ4n) is 1.32. The topological polar surface area (TPSA) is 75.6 Å². The average molecular weight is 263 g/mol. The number of nitrogens with one attached hydrogen (secondary N) is 1. The molecule has 0 aliphatic carbocycles. The highest BCUT2D eigenvalue weighted by Gasteiger charge is 2.28. The third kappa shape index (κ3) is 8.92. The molecule has 106 valence electrons. The number of alkyl halides is 1. The summed E-state index contributed by atoms with van der Waals surface area (Å²) in [5.41, 5.74) is -2.25. The molecule has 6 heteroatoms. The van der Waals surface area contributed by atoms with Gasteiger partial charge in [0.05, 0.1) is 6.54 Å². The molecule has 0 unspecified atom stereocenters. The highest BCUT2D eigenvalue weighted by Crippen LogP contribution is 2.16. The fraction of sp³-hybridized carbons (Fsp3) is 0.833. The minimum atomic E-state index is -1.62. The van der Waals surface area contributed by atoms with Crippen LogP contribution in [0.2, 0.25) is 0 Å². The molecule has 0 bridgehead atoms. The third-order valence-corrected chi connectivity index (χ3v) is 1.90. The lowest BCUT2D eigenvalue weighted by atomic mass is 10.0. The molecule has 1 atom stereocenters. The number of hydrogen-bond acceptors (Lipinski definition) is 4. The van der Waals surface area contributed by atoms with Crippen molar-refractivity contribution in [1.82, 2.24) is 5.32 Å². The Labute approximate surface area is 107 Å². The molecule has 5 nitrogen and oxygen atoms in total. The second-order valence-corrected chi connectivity index (χ2v) is 5.78. The molecular formula is C12H22FNO4. The van der Waals surface area contributed by atoms with Gasteiger partial charge in [-0.05, 0) is 34.6 Å². The Morgan fingerprint density at radius 2 is 1.78 bits per heavy atom. The SMILES string of the molecule is CC(C)(F)C[C@H](NCC(=O)OC(C)(C)C)C(=O)O. The Bertz CT molecular complexity index is 304. The summed E-state index contributed by atoms with van der Waals surface area (Å²) in [5, 5.41) is 11.4. The number of hydrogen-bond donors (Lipinski definition) is 2. The lowest BCUT2D eigenvalue weighted by Gasteiger charge is -2.23. The molecule has 0 spiro atoms. The maximum Gasteiger partial charge on any atom is 0.320 e. The van der Waals surface area contributed by atoms with Crippen molar-refractivity contribution < 1.29 is 23.8 Å². The summed E-state index contributed by atoms with van der Waals surface area (Å²) in [6.07, 6.45) is -0.217. The standard InChI is InChI=1S/C12H22FNO4/c1-11(2,3)18-9(15)7-14-8(10(16)17)6-12(4,5)13/h8,14H,6-7H2,1-5H3,(H,16,17)/t8-/m0/s1. The van der Waals surface area contributed by atoms with Crippen molar-refractivity contribution in [3.63, 3.8) is 0 Å². The minimum absolute atomic E-state index is 0.217. The molecule has 18 heavy (non-hydrogen) atoms. The summed E-state index contributed by atoms with van der Waals surface area (Å²) in [4.78, 5) is 22.3. The lowest BCUT2D eigenvalue weighted by molar-refractivity contribution is -0.154. The van der Waals surface area contributed by atoms with E-state index in [2.05, 4.69) is 5.32 Å². The number of carbonyl (C=O) groups excluding carboxylic acids is 1. The molecule has 0 fully saturated rings. The van der Waals surface area contributed by atoms with Gasteiger partial charge in [-0.15, -0.1) is 0 Å². The van der Waals surface area contributed by atoms with Gasteiger partial charge >= 0.3 is 11.9 Å². The number of carboxylic acids is 1. The van der Waals surface area contributed by atoms with Crippen LogP contribution in [-0.4, -0.2) is 40.9 Å². The molecule has 0 aromatic carbocycles. The molecule has 0 aliphatic rings. The van der Waals surface area contributed by atoms with Crippen LogP contribution in [0.15, 0.2) is 0 Å². The predicted octanol–water partition coefficient (Wildman–Crippen LogP) is 1.51. The summed E-state index contributed by atoms with van der Waals surface area (Å²) in [6.45, 7) is 7.46. The zero-order chi connectivity index (χ0) is 14.6. The van der Waals surface area contributed by atoms with E-state index in [1.165, 1.54) is 13.8 Å². The summed E-state index contributed by atoms with van der Waals surface area (Å²) in [5.74, 6) is -1.75. The van der Waals surface area contributed by atoms with Gasteiger partial charge in [0.2, 0.25) is 0 Å². The molecule has 0 aromatic heterocycles. The maximum atomic E-state index is 13.4. The first-order valence-electron chi connectivity index (χ1n) is 5.78. The number of esters is 1. The van der Waals surface area contributed by atoms with Crippen LogP contribution in [-0.2, 0) is 14.3 Å². The van der Waals surface area contributed by atoms with Gasteiger partial charge in [-0.3, -0.25) is 14.9 Å². The number of rotatable bonds is 6. The second-order valence-electron chi connectivity index (χ2n) is 5.78. The van der Waals surface area contributed by atoms with Crippen molar-refractivity contribution in [2.45, 2.75) is 58.4 Å². The largest absolute Gasteiger partial charge is 0.480 e.